The van der Waals surface area contributed by atoms with Gasteiger partial charge in [-0.1, -0.05) is 24.3 Å². The lowest BCUT2D eigenvalue weighted by atomic mass is 10.0. The van der Waals surface area contributed by atoms with Gasteiger partial charge >= 0.3 is 0 Å². The zero-order valence-electron chi connectivity index (χ0n) is 14.5. The molecule has 2 aromatic rings. The van der Waals surface area contributed by atoms with Gasteiger partial charge in [0.05, 0.1) is 7.11 Å². The molecule has 0 radical (unpaired) electrons. The minimum atomic E-state index is 0.314. The van der Waals surface area contributed by atoms with Crippen LogP contribution in [-0.4, -0.2) is 37.6 Å². The SMILES string of the molecule is COc1ccccc1Oc1cccc(CN2CCC(NC=O)CC2)c1. The number of carbonyl (C=O) groups is 1. The van der Waals surface area contributed by atoms with Crippen molar-refractivity contribution in [3.05, 3.63) is 54.1 Å². The van der Waals surface area contributed by atoms with Gasteiger partial charge in [-0.2, -0.15) is 0 Å². The Bertz CT molecular complexity index is 697. The van der Waals surface area contributed by atoms with Crippen LogP contribution in [0, 0.1) is 0 Å². The van der Waals surface area contributed by atoms with Crippen LogP contribution in [0.3, 0.4) is 0 Å². The molecule has 2 aromatic carbocycles. The van der Waals surface area contributed by atoms with E-state index < -0.39 is 0 Å². The quantitative estimate of drug-likeness (QED) is 0.787. The maximum absolute atomic E-state index is 10.5. The van der Waals surface area contributed by atoms with Crippen LogP contribution in [0.25, 0.3) is 0 Å². The number of benzene rings is 2. The molecule has 132 valence electrons. The fourth-order valence-electron chi connectivity index (χ4n) is 3.15. The Morgan fingerprint density at radius 3 is 2.60 bits per heavy atom. The number of para-hydroxylation sites is 2. The van der Waals surface area contributed by atoms with Gasteiger partial charge in [0.2, 0.25) is 6.41 Å². The van der Waals surface area contributed by atoms with E-state index in [2.05, 4.69) is 22.3 Å². The number of piperidine rings is 1. The van der Waals surface area contributed by atoms with Crippen LogP contribution in [-0.2, 0) is 11.3 Å². The van der Waals surface area contributed by atoms with Crippen molar-refractivity contribution in [3.63, 3.8) is 0 Å². The van der Waals surface area contributed by atoms with Crippen LogP contribution in [0.2, 0.25) is 0 Å². The van der Waals surface area contributed by atoms with Gasteiger partial charge in [0, 0.05) is 25.7 Å². The number of methoxy groups -OCH3 is 1. The van der Waals surface area contributed by atoms with Gasteiger partial charge in [-0.15, -0.1) is 0 Å². The minimum absolute atomic E-state index is 0.314. The second kappa shape index (κ2) is 8.53. The number of hydrogen-bond donors (Lipinski definition) is 1. The first-order valence-electron chi connectivity index (χ1n) is 8.60. The second-order valence-electron chi connectivity index (χ2n) is 6.24. The Morgan fingerprint density at radius 1 is 1.12 bits per heavy atom. The predicted molar refractivity (Wildman–Crippen MR) is 97.0 cm³/mol. The van der Waals surface area contributed by atoms with E-state index >= 15 is 0 Å². The highest BCUT2D eigenvalue weighted by Gasteiger charge is 2.18. The molecule has 5 heteroatoms. The Hall–Kier alpha value is -2.53. The third kappa shape index (κ3) is 4.73. The van der Waals surface area contributed by atoms with E-state index in [0.29, 0.717) is 11.8 Å². The first-order valence-corrected chi connectivity index (χ1v) is 8.60. The number of likely N-dealkylation sites (tertiary alicyclic amines) is 1. The van der Waals surface area contributed by atoms with Gasteiger partial charge in [0.25, 0.3) is 0 Å². The number of carbonyl (C=O) groups excluding carboxylic acids is 1. The summed E-state index contributed by atoms with van der Waals surface area (Å²) in [6, 6.07) is 16.1. The molecule has 0 unspecified atom stereocenters. The van der Waals surface area contributed by atoms with Gasteiger partial charge in [0.15, 0.2) is 11.5 Å². The molecule has 3 rings (SSSR count). The summed E-state index contributed by atoms with van der Waals surface area (Å²) >= 11 is 0. The average molecular weight is 340 g/mol. The van der Waals surface area contributed by atoms with Gasteiger partial charge in [-0.3, -0.25) is 9.69 Å². The Morgan fingerprint density at radius 2 is 1.88 bits per heavy atom. The number of nitrogens with zero attached hydrogens (tertiary/aromatic N) is 1. The first kappa shape index (κ1) is 17.3. The molecule has 0 bridgehead atoms. The Kier molecular flexibility index (Phi) is 5.90. The molecule has 1 N–H and O–H groups in total. The lowest BCUT2D eigenvalue weighted by Gasteiger charge is -2.31. The molecule has 0 atom stereocenters. The molecule has 1 aliphatic heterocycles. The number of ether oxygens (including phenoxy) is 2. The Balaban J connectivity index is 1.61. The minimum Gasteiger partial charge on any atom is -0.493 e. The fourth-order valence-corrected chi connectivity index (χ4v) is 3.15. The zero-order chi connectivity index (χ0) is 17.5. The van der Waals surface area contributed by atoms with Crippen LogP contribution in [0.15, 0.2) is 48.5 Å². The van der Waals surface area contributed by atoms with Gasteiger partial charge in [-0.25, -0.2) is 0 Å². The molecule has 1 saturated heterocycles. The van der Waals surface area contributed by atoms with Crippen molar-refractivity contribution < 1.29 is 14.3 Å². The van der Waals surface area contributed by atoms with Crippen LogP contribution < -0.4 is 14.8 Å². The Labute approximate surface area is 148 Å². The third-order valence-corrected chi connectivity index (χ3v) is 4.49. The van der Waals surface area contributed by atoms with E-state index in [9.17, 15) is 4.79 Å². The number of hydrogen-bond acceptors (Lipinski definition) is 4. The molecule has 0 spiro atoms. The van der Waals surface area contributed by atoms with Crippen LogP contribution >= 0.6 is 0 Å². The summed E-state index contributed by atoms with van der Waals surface area (Å²) in [5, 5.41) is 2.88. The molecular formula is C20H24N2O3. The molecule has 0 aromatic heterocycles. The number of nitrogens with one attached hydrogen (secondary N) is 1. The highest BCUT2D eigenvalue weighted by molar-refractivity contribution is 5.46. The maximum atomic E-state index is 10.5. The highest BCUT2D eigenvalue weighted by Crippen LogP contribution is 2.31. The second-order valence-corrected chi connectivity index (χ2v) is 6.24. The van der Waals surface area contributed by atoms with E-state index in [1.807, 2.05) is 36.4 Å². The van der Waals surface area contributed by atoms with Crippen LogP contribution in [0.4, 0.5) is 0 Å². The summed E-state index contributed by atoms with van der Waals surface area (Å²) in [5.74, 6) is 2.24. The lowest BCUT2D eigenvalue weighted by Crippen LogP contribution is -2.41. The van der Waals surface area contributed by atoms with Gasteiger partial charge in [0.1, 0.15) is 5.75 Å². The molecule has 25 heavy (non-hydrogen) atoms. The first-order chi connectivity index (χ1) is 12.3. The number of rotatable bonds is 7. The van der Waals surface area contributed by atoms with E-state index in [-0.39, 0.29) is 0 Å². The molecule has 1 amide bonds. The van der Waals surface area contributed by atoms with Crippen LogP contribution in [0.1, 0.15) is 18.4 Å². The molecule has 0 saturated carbocycles. The standard InChI is InChI=1S/C20H24N2O3/c1-24-19-7-2-3-8-20(19)25-18-6-4-5-16(13-18)14-22-11-9-17(10-12-22)21-15-23/h2-8,13,15,17H,9-12,14H2,1H3,(H,21,23). The van der Waals surface area contributed by atoms with Gasteiger partial charge < -0.3 is 14.8 Å². The van der Waals surface area contributed by atoms with Crippen molar-refractivity contribution in [2.24, 2.45) is 0 Å². The monoisotopic (exact) mass is 340 g/mol. The molecule has 1 aliphatic rings. The van der Waals surface area contributed by atoms with Crippen molar-refractivity contribution >= 4 is 6.41 Å². The van der Waals surface area contributed by atoms with Gasteiger partial charge in [-0.05, 0) is 42.7 Å². The predicted octanol–water partition coefficient (Wildman–Crippen LogP) is 3.20. The van der Waals surface area contributed by atoms with Crippen molar-refractivity contribution in [2.75, 3.05) is 20.2 Å². The van der Waals surface area contributed by atoms with Crippen molar-refractivity contribution in [2.45, 2.75) is 25.4 Å². The largest absolute Gasteiger partial charge is 0.493 e. The average Bonchev–Trinajstić information content (AvgIpc) is 2.64. The van der Waals surface area contributed by atoms with Crippen molar-refractivity contribution in [1.29, 1.82) is 0 Å². The molecule has 0 aliphatic carbocycles. The summed E-state index contributed by atoms with van der Waals surface area (Å²) in [4.78, 5) is 12.9. The fraction of sp³-hybridized carbons (Fsp3) is 0.350. The maximum Gasteiger partial charge on any atom is 0.207 e. The molecular weight excluding hydrogens is 316 g/mol. The molecule has 1 fully saturated rings. The number of amides is 1. The lowest BCUT2D eigenvalue weighted by molar-refractivity contribution is -0.110. The smallest absolute Gasteiger partial charge is 0.207 e. The highest BCUT2D eigenvalue weighted by atomic mass is 16.5. The summed E-state index contributed by atoms with van der Waals surface area (Å²) < 4.78 is 11.3. The summed E-state index contributed by atoms with van der Waals surface area (Å²) in [7, 11) is 1.64. The normalized spacial score (nSPS) is 15.6. The molecule has 1 heterocycles. The molecule has 5 nitrogen and oxygen atoms in total. The van der Waals surface area contributed by atoms with Crippen LogP contribution in [0.5, 0.6) is 17.2 Å². The summed E-state index contributed by atoms with van der Waals surface area (Å²) in [6.45, 7) is 2.86. The van der Waals surface area contributed by atoms with E-state index in [0.717, 1.165) is 50.4 Å². The zero-order valence-corrected chi connectivity index (χ0v) is 14.5. The van der Waals surface area contributed by atoms with Crippen molar-refractivity contribution in [3.8, 4) is 17.2 Å². The summed E-state index contributed by atoms with van der Waals surface area (Å²) in [6.07, 6.45) is 2.80. The van der Waals surface area contributed by atoms with E-state index in [1.165, 1.54) is 5.56 Å². The third-order valence-electron chi connectivity index (χ3n) is 4.49. The van der Waals surface area contributed by atoms with E-state index in [4.69, 9.17) is 9.47 Å². The topological polar surface area (TPSA) is 50.8 Å². The summed E-state index contributed by atoms with van der Waals surface area (Å²) in [5.41, 5.74) is 1.22. The van der Waals surface area contributed by atoms with Crippen molar-refractivity contribution in [1.82, 2.24) is 10.2 Å². The van der Waals surface area contributed by atoms with E-state index in [1.54, 1.807) is 7.11 Å².